The van der Waals surface area contributed by atoms with Crippen LogP contribution in [0.5, 0.6) is 0 Å². The molecular formula is C11H26N2. The minimum absolute atomic E-state index is 0.707. The summed E-state index contributed by atoms with van der Waals surface area (Å²) in [6.45, 7) is 14.4. The summed E-state index contributed by atoms with van der Waals surface area (Å²) >= 11 is 0. The Morgan fingerprint density at radius 1 is 1.23 bits per heavy atom. The van der Waals surface area contributed by atoms with Gasteiger partial charge in [0.25, 0.3) is 0 Å². The molecule has 0 spiro atoms. The van der Waals surface area contributed by atoms with E-state index >= 15 is 0 Å². The summed E-state index contributed by atoms with van der Waals surface area (Å²) < 4.78 is 0. The summed E-state index contributed by atoms with van der Waals surface area (Å²) in [7, 11) is 0. The van der Waals surface area contributed by atoms with Crippen molar-refractivity contribution >= 4 is 0 Å². The Bertz CT molecular complexity index is 113. The lowest BCUT2D eigenvalue weighted by atomic mass is 10.2. The molecule has 1 heterocycles. The van der Waals surface area contributed by atoms with Crippen molar-refractivity contribution in [1.29, 1.82) is 0 Å². The lowest BCUT2D eigenvalue weighted by molar-refractivity contribution is 0.236. The molecule has 13 heavy (non-hydrogen) atoms. The molecule has 1 atom stereocenters. The minimum Gasteiger partial charge on any atom is -0.313 e. The van der Waals surface area contributed by atoms with Crippen LogP contribution in [0.4, 0.5) is 0 Å². The minimum atomic E-state index is 0.707. The molecule has 0 aromatic rings. The van der Waals surface area contributed by atoms with Gasteiger partial charge in [0.05, 0.1) is 0 Å². The topological polar surface area (TPSA) is 15.3 Å². The van der Waals surface area contributed by atoms with E-state index in [2.05, 4.69) is 31.0 Å². The van der Waals surface area contributed by atoms with Crippen molar-refractivity contribution in [2.75, 3.05) is 19.6 Å². The largest absolute Gasteiger partial charge is 0.313 e. The van der Waals surface area contributed by atoms with Crippen molar-refractivity contribution in [3.63, 3.8) is 0 Å². The number of nitrogens with one attached hydrogen (secondary N) is 1. The van der Waals surface area contributed by atoms with Crippen LogP contribution in [0.15, 0.2) is 0 Å². The second-order valence-corrected chi connectivity index (χ2v) is 3.77. The van der Waals surface area contributed by atoms with Crippen LogP contribution in [-0.4, -0.2) is 36.6 Å². The number of hydrogen-bond acceptors (Lipinski definition) is 2. The first-order chi connectivity index (χ1) is 6.20. The highest BCUT2D eigenvalue weighted by molar-refractivity contribution is 4.73. The summed E-state index contributed by atoms with van der Waals surface area (Å²) in [6, 6.07) is 1.42. The van der Waals surface area contributed by atoms with E-state index in [4.69, 9.17) is 0 Å². The first-order valence-electron chi connectivity index (χ1n) is 5.67. The van der Waals surface area contributed by atoms with E-state index in [0.717, 1.165) is 6.54 Å². The normalized spacial score (nSPS) is 24.9. The fraction of sp³-hybridized carbons (Fsp3) is 1.00. The van der Waals surface area contributed by atoms with Gasteiger partial charge in [-0.3, -0.25) is 4.90 Å². The lowest BCUT2D eigenvalue weighted by Crippen LogP contribution is -2.34. The zero-order valence-corrected chi connectivity index (χ0v) is 9.93. The third-order valence-corrected chi connectivity index (χ3v) is 2.47. The Hall–Kier alpha value is -0.0800. The molecular weight excluding hydrogens is 160 g/mol. The van der Waals surface area contributed by atoms with Gasteiger partial charge in [0.15, 0.2) is 0 Å². The molecule has 0 bridgehead atoms. The van der Waals surface area contributed by atoms with Crippen molar-refractivity contribution in [2.24, 2.45) is 0 Å². The van der Waals surface area contributed by atoms with Crippen LogP contribution in [-0.2, 0) is 0 Å². The quantitative estimate of drug-likeness (QED) is 0.674. The maximum absolute atomic E-state index is 3.49. The van der Waals surface area contributed by atoms with Crippen LogP contribution >= 0.6 is 0 Å². The van der Waals surface area contributed by atoms with Gasteiger partial charge in [-0.2, -0.15) is 0 Å². The van der Waals surface area contributed by atoms with Gasteiger partial charge in [-0.05, 0) is 33.7 Å². The van der Waals surface area contributed by atoms with Crippen molar-refractivity contribution in [2.45, 2.75) is 53.1 Å². The third kappa shape index (κ3) is 5.27. The average molecular weight is 186 g/mol. The smallest absolute Gasteiger partial charge is 0.0110 e. The van der Waals surface area contributed by atoms with Crippen LogP contribution in [0.1, 0.15) is 41.0 Å². The Balaban J connectivity index is 0.000000671. The highest BCUT2D eigenvalue weighted by atomic mass is 15.2. The summed E-state index contributed by atoms with van der Waals surface area (Å²) in [4.78, 5) is 2.54. The molecule has 1 rings (SSSR count). The molecule has 1 fully saturated rings. The number of hydrogen-bond donors (Lipinski definition) is 1. The molecule has 1 N–H and O–H groups in total. The number of rotatable bonds is 1. The fourth-order valence-electron chi connectivity index (χ4n) is 1.54. The van der Waals surface area contributed by atoms with Crippen LogP contribution in [0.3, 0.4) is 0 Å². The molecule has 0 amide bonds. The van der Waals surface area contributed by atoms with E-state index in [9.17, 15) is 0 Å². The summed E-state index contributed by atoms with van der Waals surface area (Å²) in [5.41, 5.74) is 0. The lowest BCUT2D eigenvalue weighted by Gasteiger charge is -2.23. The van der Waals surface area contributed by atoms with Crippen LogP contribution in [0.2, 0.25) is 0 Å². The number of nitrogens with zero attached hydrogens (tertiary/aromatic N) is 1. The Kier molecular flexibility index (Phi) is 7.29. The van der Waals surface area contributed by atoms with E-state index in [0.29, 0.717) is 12.1 Å². The molecule has 0 unspecified atom stereocenters. The van der Waals surface area contributed by atoms with Gasteiger partial charge in [-0.1, -0.05) is 13.8 Å². The van der Waals surface area contributed by atoms with Gasteiger partial charge in [-0.15, -0.1) is 0 Å². The predicted octanol–water partition coefficient (Wildman–Crippen LogP) is 2.10. The van der Waals surface area contributed by atoms with Gasteiger partial charge in [-0.25, -0.2) is 0 Å². The van der Waals surface area contributed by atoms with Crippen LogP contribution < -0.4 is 5.32 Å². The predicted molar refractivity (Wildman–Crippen MR) is 60.1 cm³/mol. The Morgan fingerprint density at radius 3 is 2.38 bits per heavy atom. The summed E-state index contributed by atoms with van der Waals surface area (Å²) in [6.07, 6.45) is 1.29. The highest BCUT2D eigenvalue weighted by Crippen LogP contribution is 2.04. The standard InChI is InChI=1S/C9H20N2.C2H6/c1-8(2)11-6-4-9(3)10-5-7-11;1-2/h8-10H,4-7H2,1-3H3;1-2H3/t9-;/m0./s1. The van der Waals surface area contributed by atoms with Crippen molar-refractivity contribution in [1.82, 2.24) is 10.2 Å². The van der Waals surface area contributed by atoms with Gasteiger partial charge in [0.1, 0.15) is 0 Å². The molecule has 80 valence electrons. The molecule has 0 aliphatic carbocycles. The van der Waals surface area contributed by atoms with Gasteiger partial charge in [0.2, 0.25) is 0 Å². The molecule has 2 nitrogen and oxygen atoms in total. The zero-order valence-electron chi connectivity index (χ0n) is 9.93. The molecule has 1 saturated heterocycles. The first-order valence-corrected chi connectivity index (χ1v) is 5.67. The Labute approximate surface area is 83.7 Å². The van der Waals surface area contributed by atoms with Crippen LogP contribution in [0, 0.1) is 0 Å². The van der Waals surface area contributed by atoms with Crippen molar-refractivity contribution < 1.29 is 0 Å². The molecule has 0 aromatic heterocycles. The van der Waals surface area contributed by atoms with Gasteiger partial charge in [0, 0.05) is 25.2 Å². The SMILES string of the molecule is CC.CC(C)N1CCN[C@@H](C)CC1. The third-order valence-electron chi connectivity index (χ3n) is 2.47. The monoisotopic (exact) mass is 186 g/mol. The van der Waals surface area contributed by atoms with Crippen molar-refractivity contribution in [3.8, 4) is 0 Å². The first kappa shape index (κ1) is 12.9. The maximum atomic E-state index is 3.49. The fourth-order valence-corrected chi connectivity index (χ4v) is 1.54. The molecule has 0 aromatic carbocycles. The van der Waals surface area contributed by atoms with E-state index in [1.807, 2.05) is 13.8 Å². The molecule has 1 aliphatic heterocycles. The Morgan fingerprint density at radius 2 is 1.85 bits per heavy atom. The maximum Gasteiger partial charge on any atom is 0.0110 e. The molecule has 0 radical (unpaired) electrons. The van der Waals surface area contributed by atoms with Crippen LogP contribution in [0.25, 0.3) is 0 Å². The van der Waals surface area contributed by atoms with E-state index < -0.39 is 0 Å². The summed E-state index contributed by atoms with van der Waals surface area (Å²) in [5.74, 6) is 0. The molecule has 0 saturated carbocycles. The second-order valence-electron chi connectivity index (χ2n) is 3.77. The molecule has 2 heteroatoms. The second kappa shape index (κ2) is 7.34. The zero-order chi connectivity index (χ0) is 10.3. The van der Waals surface area contributed by atoms with E-state index in [-0.39, 0.29) is 0 Å². The van der Waals surface area contributed by atoms with Crippen molar-refractivity contribution in [3.05, 3.63) is 0 Å². The van der Waals surface area contributed by atoms with Gasteiger partial charge < -0.3 is 5.32 Å². The van der Waals surface area contributed by atoms with E-state index in [1.54, 1.807) is 0 Å². The highest BCUT2D eigenvalue weighted by Gasteiger charge is 2.14. The van der Waals surface area contributed by atoms with E-state index in [1.165, 1.54) is 19.5 Å². The molecule has 1 aliphatic rings. The average Bonchev–Trinajstić information content (AvgIpc) is 2.33. The van der Waals surface area contributed by atoms with Gasteiger partial charge >= 0.3 is 0 Å². The summed E-state index contributed by atoms with van der Waals surface area (Å²) in [5, 5.41) is 3.49.